The first kappa shape index (κ1) is 11.9. The number of likely N-dealkylation sites (tertiary alicyclic amines) is 1. The Kier molecular flexibility index (Phi) is 3.24. The van der Waals surface area contributed by atoms with Gasteiger partial charge >= 0.3 is 5.97 Å². The zero-order valence-electron chi connectivity index (χ0n) is 10.4. The minimum atomic E-state index is -0.579. The molecule has 2 rings (SSSR count). The Labute approximate surface area is 97.8 Å². The summed E-state index contributed by atoms with van der Waals surface area (Å²) in [4.78, 5) is 13.8. The van der Waals surface area contributed by atoms with Crippen LogP contribution in [0.2, 0.25) is 0 Å². The number of carbonyl (C=O) groups is 1. The molecule has 0 radical (unpaired) electrons. The fourth-order valence-corrected chi connectivity index (χ4v) is 3.50. The molecule has 1 spiro atoms. The van der Waals surface area contributed by atoms with Crippen LogP contribution in [0, 0.1) is 11.3 Å². The van der Waals surface area contributed by atoms with Gasteiger partial charge in [-0.15, -0.1) is 0 Å². The second-order valence-electron chi connectivity index (χ2n) is 5.84. The highest BCUT2D eigenvalue weighted by molar-refractivity contribution is 5.72. The van der Waals surface area contributed by atoms with Gasteiger partial charge in [0.1, 0.15) is 0 Å². The zero-order chi connectivity index (χ0) is 11.8. The molecule has 1 aliphatic carbocycles. The molecule has 2 aliphatic rings. The van der Waals surface area contributed by atoms with Crippen molar-refractivity contribution >= 4 is 5.97 Å². The Balaban J connectivity index is 2.17. The van der Waals surface area contributed by atoms with E-state index >= 15 is 0 Å². The zero-order valence-corrected chi connectivity index (χ0v) is 10.4. The number of hydrogen-bond acceptors (Lipinski definition) is 2. The van der Waals surface area contributed by atoms with Crippen LogP contribution in [0.5, 0.6) is 0 Å². The Bertz CT molecular complexity index is 269. The fraction of sp³-hybridized carbons (Fsp3) is 0.923. The average Bonchev–Trinajstić information content (AvgIpc) is 2.59. The third-order valence-electron chi connectivity index (χ3n) is 4.55. The van der Waals surface area contributed by atoms with Crippen molar-refractivity contribution in [1.29, 1.82) is 0 Å². The van der Waals surface area contributed by atoms with E-state index in [2.05, 4.69) is 18.7 Å². The first-order valence-corrected chi connectivity index (χ1v) is 6.52. The lowest BCUT2D eigenvalue weighted by Gasteiger charge is -2.36. The number of carboxylic acids is 1. The first-order chi connectivity index (χ1) is 7.55. The van der Waals surface area contributed by atoms with Crippen LogP contribution in [-0.2, 0) is 4.79 Å². The van der Waals surface area contributed by atoms with Gasteiger partial charge in [-0.2, -0.15) is 0 Å². The van der Waals surface area contributed by atoms with Crippen LogP contribution in [0.4, 0.5) is 0 Å². The van der Waals surface area contributed by atoms with Crippen molar-refractivity contribution in [2.24, 2.45) is 11.3 Å². The van der Waals surface area contributed by atoms with Gasteiger partial charge in [-0.05, 0) is 32.1 Å². The number of carboxylic acid groups (broad SMARTS) is 1. The van der Waals surface area contributed by atoms with Crippen LogP contribution in [0.25, 0.3) is 0 Å². The molecule has 16 heavy (non-hydrogen) atoms. The molecule has 1 saturated heterocycles. The lowest BCUT2D eigenvalue weighted by atomic mass is 9.68. The lowest BCUT2D eigenvalue weighted by molar-refractivity contribution is -0.145. The molecule has 0 aromatic carbocycles. The molecule has 3 nitrogen and oxygen atoms in total. The van der Waals surface area contributed by atoms with Crippen molar-refractivity contribution in [3.63, 3.8) is 0 Å². The van der Waals surface area contributed by atoms with Crippen LogP contribution in [0.3, 0.4) is 0 Å². The van der Waals surface area contributed by atoms with E-state index < -0.39 is 5.97 Å². The maximum Gasteiger partial charge on any atom is 0.308 e. The lowest BCUT2D eigenvalue weighted by Crippen LogP contribution is -2.37. The quantitative estimate of drug-likeness (QED) is 0.784. The Morgan fingerprint density at radius 1 is 1.31 bits per heavy atom. The molecule has 0 aromatic rings. The molecule has 1 saturated carbocycles. The molecule has 1 unspecified atom stereocenters. The molecule has 2 fully saturated rings. The Morgan fingerprint density at radius 3 is 2.44 bits per heavy atom. The minimum absolute atomic E-state index is 0.0916. The monoisotopic (exact) mass is 225 g/mol. The summed E-state index contributed by atoms with van der Waals surface area (Å²) < 4.78 is 0. The number of hydrogen-bond donors (Lipinski definition) is 1. The highest BCUT2D eigenvalue weighted by Crippen LogP contribution is 2.48. The van der Waals surface area contributed by atoms with Gasteiger partial charge in [-0.25, -0.2) is 0 Å². The molecular weight excluding hydrogens is 202 g/mol. The van der Waals surface area contributed by atoms with Crippen molar-refractivity contribution in [2.75, 3.05) is 13.1 Å². The predicted octanol–water partition coefficient (Wildman–Crippen LogP) is 2.36. The molecule has 0 amide bonds. The van der Waals surface area contributed by atoms with E-state index in [4.69, 9.17) is 0 Å². The molecule has 0 bridgehead atoms. The number of nitrogens with zero attached hydrogens (tertiary/aromatic N) is 1. The Morgan fingerprint density at radius 2 is 1.94 bits per heavy atom. The van der Waals surface area contributed by atoms with Crippen LogP contribution >= 0.6 is 0 Å². The summed E-state index contributed by atoms with van der Waals surface area (Å²) in [6, 6.07) is 0.475. The topological polar surface area (TPSA) is 40.5 Å². The Hall–Kier alpha value is -0.570. The van der Waals surface area contributed by atoms with Gasteiger partial charge in [0.2, 0.25) is 0 Å². The van der Waals surface area contributed by atoms with E-state index in [0.29, 0.717) is 6.04 Å². The highest BCUT2D eigenvalue weighted by Gasteiger charge is 2.50. The van der Waals surface area contributed by atoms with E-state index in [9.17, 15) is 9.90 Å². The van der Waals surface area contributed by atoms with Gasteiger partial charge in [0.15, 0.2) is 0 Å². The fourth-order valence-electron chi connectivity index (χ4n) is 3.50. The largest absolute Gasteiger partial charge is 0.481 e. The highest BCUT2D eigenvalue weighted by atomic mass is 16.4. The SMILES string of the molecule is CC(C)N1CC(C(=O)O)C2(CCCCC2)C1. The van der Waals surface area contributed by atoms with Crippen molar-refractivity contribution in [2.45, 2.75) is 52.0 Å². The van der Waals surface area contributed by atoms with Crippen molar-refractivity contribution in [3.05, 3.63) is 0 Å². The van der Waals surface area contributed by atoms with Gasteiger partial charge < -0.3 is 5.11 Å². The van der Waals surface area contributed by atoms with Gasteiger partial charge in [0.25, 0.3) is 0 Å². The molecule has 0 aromatic heterocycles. The summed E-state index contributed by atoms with van der Waals surface area (Å²) >= 11 is 0. The van der Waals surface area contributed by atoms with Crippen molar-refractivity contribution < 1.29 is 9.90 Å². The van der Waals surface area contributed by atoms with Crippen LogP contribution in [0.15, 0.2) is 0 Å². The second-order valence-corrected chi connectivity index (χ2v) is 5.84. The summed E-state index contributed by atoms with van der Waals surface area (Å²) in [6.45, 7) is 6.09. The standard InChI is InChI=1S/C13H23NO2/c1-10(2)14-8-11(12(15)16)13(9-14)6-4-3-5-7-13/h10-11H,3-9H2,1-2H3,(H,15,16). The molecular formula is C13H23NO2. The van der Waals surface area contributed by atoms with E-state index in [1.165, 1.54) is 19.3 Å². The van der Waals surface area contributed by atoms with E-state index in [1.807, 2.05) is 0 Å². The molecule has 1 aliphatic heterocycles. The van der Waals surface area contributed by atoms with Crippen LogP contribution < -0.4 is 0 Å². The smallest absolute Gasteiger partial charge is 0.308 e. The minimum Gasteiger partial charge on any atom is -0.481 e. The van der Waals surface area contributed by atoms with E-state index in [1.54, 1.807) is 0 Å². The third-order valence-corrected chi connectivity index (χ3v) is 4.55. The second kappa shape index (κ2) is 4.36. The van der Waals surface area contributed by atoms with Gasteiger partial charge in [0, 0.05) is 19.1 Å². The maximum absolute atomic E-state index is 11.4. The third kappa shape index (κ3) is 1.97. The summed E-state index contributed by atoms with van der Waals surface area (Å²) in [6.07, 6.45) is 5.96. The van der Waals surface area contributed by atoms with Gasteiger partial charge in [-0.1, -0.05) is 19.3 Å². The summed E-state index contributed by atoms with van der Waals surface area (Å²) in [7, 11) is 0. The van der Waals surface area contributed by atoms with E-state index in [-0.39, 0.29) is 11.3 Å². The average molecular weight is 225 g/mol. The van der Waals surface area contributed by atoms with Crippen LogP contribution in [-0.4, -0.2) is 35.1 Å². The molecule has 3 heteroatoms. The molecule has 1 atom stereocenters. The summed E-state index contributed by atoms with van der Waals surface area (Å²) in [5.74, 6) is -0.708. The maximum atomic E-state index is 11.4. The number of aliphatic carboxylic acids is 1. The normalized spacial score (nSPS) is 30.1. The number of rotatable bonds is 2. The molecule has 1 N–H and O–H groups in total. The van der Waals surface area contributed by atoms with Gasteiger partial charge in [0.05, 0.1) is 5.92 Å². The first-order valence-electron chi connectivity index (χ1n) is 6.52. The molecule has 1 heterocycles. The van der Waals surface area contributed by atoms with Crippen molar-refractivity contribution in [1.82, 2.24) is 4.90 Å². The van der Waals surface area contributed by atoms with E-state index in [0.717, 1.165) is 25.9 Å². The summed E-state index contributed by atoms with van der Waals surface area (Å²) in [5, 5.41) is 9.40. The summed E-state index contributed by atoms with van der Waals surface area (Å²) in [5.41, 5.74) is 0.0916. The van der Waals surface area contributed by atoms with Crippen molar-refractivity contribution in [3.8, 4) is 0 Å². The van der Waals surface area contributed by atoms with Gasteiger partial charge in [-0.3, -0.25) is 9.69 Å². The van der Waals surface area contributed by atoms with Crippen LogP contribution in [0.1, 0.15) is 46.0 Å². The molecule has 92 valence electrons. The predicted molar refractivity (Wildman–Crippen MR) is 63.4 cm³/mol.